The van der Waals surface area contributed by atoms with Crippen LogP contribution in [0.5, 0.6) is 0 Å². The molecule has 0 radical (unpaired) electrons. The second-order valence-electron chi connectivity index (χ2n) is 9.63. The Morgan fingerprint density at radius 2 is 0.566 bits per heavy atom. The Kier molecular flexibility index (Phi) is 9.43. The van der Waals surface area contributed by atoms with Crippen LogP contribution in [-0.4, -0.2) is 44.9 Å². The van der Waals surface area contributed by atoms with Gasteiger partial charge in [-0.15, -0.1) is 0 Å². The molecular weight excluding hydrogens is 784 g/mol. The fourth-order valence-corrected chi connectivity index (χ4v) is 3.89. The molecule has 3 heterocycles. The minimum atomic E-state index is -5.85. The molecule has 0 N–H and O–H groups in total. The van der Waals surface area contributed by atoms with Gasteiger partial charge in [0.25, 0.3) is 0 Å². The highest BCUT2D eigenvalue weighted by molar-refractivity contribution is 6.08. The van der Waals surface area contributed by atoms with Crippen LogP contribution in [0.3, 0.4) is 0 Å². The smallest absolute Gasteiger partial charge is 0.204 e. The van der Waals surface area contributed by atoms with Crippen LogP contribution in [0.1, 0.15) is 59.3 Å². The summed E-state index contributed by atoms with van der Waals surface area (Å²) in [5.41, 5.74) is -8.37. The number of halogens is 18. The van der Waals surface area contributed by atoms with Crippen LogP contribution in [0.4, 0.5) is 79.0 Å². The van der Waals surface area contributed by atoms with Crippen LogP contribution in [0.15, 0.2) is 16.7 Å². The second kappa shape index (κ2) is 12.6. The third-order valence-corrected chi connectivity index (χ3v) is 6.00. The lowest BCUT2D eigenvalue weighted by Crippen LogP contribution is -2.21. The number of nitriles is 2. The van der Waals surface area contributed by atoms with Crippen LogP contribution >= 0.6 is 0 Å². The van der Waals surface area contributed by atoms with E-state index in [4.69, 9.17) is 0 Å². The van der Waals surface area contributed by atoms with Crippen molar-refractivity contribution >= 4 is 16.7 Å². The van der Waals surface area contributed by atoms with Crippen molar-refractivity contribution in [2.24, 2.45) is 0 Å². The van der Waals surface area contributed by atoms with Gasteiger partial charge < -0.3 is 0 Å². The first kappa shape index (κ1) is 39.8. The highest BCUT2D eigenvalue weighted by atomic mass is 19.4. The van der Waals surface area contributed by atoms with Crippen molar-refractivity contribution in [1.82, 2.24) is 44.9 Å². The summed E-state index contributed by atoms with van der Waals surface area (Å²) < 4.78 is 242. The first-order valence-electron chi connectivity index (χ1n) is 12.6. The molecule has 0 unspecified atom stereocenters. The summed E-state index contributed by atoms with van der Waals surface area (Å²) in [6, 6.07) is 1.93. The molecule has 1 aliphatic rings. The van der Waals surface area contributed by atoms with Crippen LogP contribution in [0.25, 0.3) is 16.7 Å². The number of hydrogen-bond donors (Lipinski definition) is 0. The van der Waals surface area contributed by atoms with E-state index in [0.29, 0.717) is 6.92 Å². The van der Waals surface area contributed by atoms with Gasteiger partial charge in [0.15, 0.2) is 17.5 Å². The number of aromatic nitrogens is 9. The summed E-state index contributed by atoms with van der Waals surface area (Å²) >= 11 is 0. The van der Waals surface area contributed by atoms with Gasteiger partial charge in [-0.2, -0.15) is 89.6 Å². The van der Waals surface area contributed by atoms with E-state index in [1.54, 1.807) is 0 Å². The molecule has 3 aromatic rings. The maximum atomic E-state index is 13.5. The molecule has 29 heteroatoms. The Bertz CT molecular complexity index is 1980. The Morgan fingerprint density at radius 1 is 0.358 bits per heavy atom. The van der Waals surface area contributed by atoms with Gasteiger partial charge in [0.05, 0.1) is 0 Å². The van der Waals surface area contributed by atoms with E-state index in [1.165, 1.54) is 0 Å². The van der Waals surface area contributed by atoms with Crippen LogP contribution < -0.4 is 0 Å². The molecule has 1 aliphatic carbocycles. The predicted molar refractivity (Wildman–Crippen MR) is 127 cm³/mol. The maximum absolute atomic E-state index is 13.5. The second-order valence-corrected chi connectivity index (χ2v) is 9.63. The molecule has 0 amide bonds. The van der Waals surface area contributed by atoms with Gasteiger partial charge in [0, 0.05) is 16.7 Å². The standard InChI is InChI=1S/C24H3F18N11/c1-4(10-45-13(19(25,26)27)51-14(46-10)20(28,29)30)7-8(5(2-43)11-47-15(21(31,32)33)52-16(48-11)22(34,35)36)9(7)6(3-44)12-49-17(23(37,38)39)53-18(50-12)24(40,41)42/h1H3. The SMILES string of the molecule is CC(=C1C(=C(C#N)c2nc(C(F)(F)F)nc(C(F)(F)F)n2)C1=C(C#N)c1nc(C(F)(F)F)nc(C(F)(F)F)n1)c1nc(C(F)(F)F)nc(C(F)(F)F)n1. The van der Waals surface area contributed by atoms with Gasteiger partial charge in [0.2, 0.25) is 34.9 Å². The molecule has 1 fully saturated rings. The molecule has 0 spiro atoms. The quantitative estimate of drug-likeness (QED) is 0.197. The number of allylic oxidation sites excluding steroid dienone is 6. The van der Waals surface area contributed by atoms with Crippen molar-refractivity contribution in [2.45, 2.75) is 44.0 Å². The first-order chi connectivity index (χ1) is 23.9. The molecule has 0 bridgehead atoms. The summed E-state index contributed by atoms with van der Waals surface area (Å²) in [6.45, 7) is 0.466. The Balaban J connectivity index is 2.26. The lowest BCUT2D eigenvalue weighted by molar-refractivity contribution is -0.156. The molecular formula is C24H3F18N11. The Labute approximate surface area is 277 Å². The van der Waals surface area contributed by atoms with Gasteiger partial charge in [0.1, 0.15) is 23.3 Å². The summed E-state index contributed by atoms with van der Waals surface area (Å²) in [5, 5.41) is 19.6. The minimum absolute atomic E-state index is 0.466. The predicted octanol–water partition coefficient (Wildman–Crippen LogP) is 7.10. The monoisotopic (exact) mass is 787 g/mol. The van der Waals surface area contributed by atoms with Crippen molar-refractivity contribution < 1.29 is 79.0 Å². The highest BCUT2D eigenvalue weighted by Gasteiger charge is 2.48. The van der Waals surface area contributed by atoms with E-state index in [9.17, 15) is 89.6 Å². The molecule has 3 aromatic heterocycles. The highest BCUT2D eigenvalue weighted by Crippen LogP contribution is 2.55. The van der Waals surface area contributed by atoms with E-state index >= 15 is 0 Å². The zero-order valence-corrected chi connectivity index (χ0v) is 24.2. The summed E-state index contributed by atoms with van der Waals surface area (Å²) in [5.74, 6) is -21.3. The van der Waals surface area contributed by atoms with Crippen molar-refractivity contribution in [2.75, 3.05) is 0 Å². The van der Waals surface area contributed by atoms with E-state index in [2.05, 4.69) is 44.9 Å². The van der Waals surface area contributed by atoms with Crippen molar-refractivity contribution in [3.8, 4) is 12.1 Å². The van der Waals surface area contributed by atoms with E-state index in [0.717, 1.165) is 12.1 Å². The molecule has 0 atom stereocenters. The van der Waals surface area contributed by atoms with Crippen LogP contribution in [0.2, 0.25) is 0 Å². The molecule has 0 saturated heterocycles. The number of hydrogen-bond acceptors (Lipinski definition) is 11. The van der Waals surface area contributed by atoms with Gasteiger partial charge in [-0.05, 0) is 12.5 Å². The molecule has 0 aliphatic heterocycles. The fourth-order valence-electron chi connectivity index (χ4n) is 3.89. The van der Waals surface area contributed by atoms with E-state index in [1.807, 2.05) is 0 Å². The molecule has 1 saturated carbocycles. The van der Waals surface area contributed by atoms with Gasteiger partial charge in [-0.3, -0.25) is 0 Å². The van der Waals surface area contributed by atoms with Crippen molar-refractivity contribution in [1.29, 1.82) is 10.5 Å². The molecule has 0 aromatic carbocycles. The van der Waals surface area contributed by atoms with Crippen molar-refractivity contribution in [3.63, 3.8) is 0 Å². The Hall–Kier alpha value is -6.03. The lowest BCUT2D eigenvalue weighted by atomic mass is 10.2. The van der Waals surface area contributed by atoms with Gasteiger partial charge >= 0.3 is 37.1 Å². The fraction of sp³-hybridized carbons (Fsp3) is 0.292. The Morgan fingerprint density at radius 3 is 0.755 bits per heavy atom. The average Bonchev–Trinajstić information content (AvgIpc) is 3.72. The average molecular weight is 787 g/mol. The summed E-state index contributed by atoms with van der Waals surface area (Å²) in [7, 11) is 0. The van der Waals surface area contributed by atoms with Crippen LogP contribution in [-0.2, 0) is 37.1 Å². The first-order valence-corrected chi connectivity index (χ1v) is 12.6. The number of rotatable bonds is 3. The molecule has 4 rings (SSSR count). The third kappa shape index (κ3) is 8.22. The number of alkyl halides is 18. The lowest BCUT2D eigenvalue weighted by Gasteiger charge is -2.11. The van der Waals surface area contributed by atoms with Gasteiger partial charge in [-0.25, -0.2) is 44.9 Å². The number of nitrogens with zero attached hydrogens (tertiary/aromatic N) is 11. The van der Waals surface area contributed by atoms with E-state index < -0.39 is 123 Å². The minimum Gasteiger partial charge on any atom is -0.204 e. The zero-order valence-electron chi connectivity index (χ0n) is 24.2. The van der Waals surface area contributed by atoms with Gasteiger partial charge in [-0.1, -0.05) is 0 Å². The maximum Gasteiger partial charge on any atom is 0.451 e. The molecule has 53 heavy (non-hydrogen) atoms. The molecule has 280 valence electrons. The third-order valence-electron chi connectivity index (χ3n) is 6.00. The topological polar surface area (TPSA) is 164 Å². The summed E-state index contributed by atoms with van der Waals surface area (Å²) in [6.07, 6.45) is -35.0. The zero-order chi connectivity index (χ0) is 40.4. The van der Waals surface area contributed by atoms with E-state index in [-0.39, 0.29) is 0 Å². The normalized spacial score (nSPS) is 16.2. The van der Waals surface area contributed by atoms with Crippen molar-refractivity contribution in [3.05, 3.63) is 69.1 Å². The van der Waals surface area contributed by atoms with Crippen LogP contribution in [0, 0.1) is 22.7 Å². The molecule has 11 nitrogen and oxygen atoms in total. The summed E-state index contributed by atoms with van der Waals surface area (Å²) in [4.78, 5) is 22.7. The largest absolute Gasteiger partial charge is 0.451 e.